The Morgan fingerprint density at radius 1 is 1.44 bits per heavy atom. The Kier molecular flexibility index (Phi) is 4.47. The summed E-state index contributed by atoms with van der Waals surface area (Å²) >= 11 is 0. The van der Waals surface area contributed by atoms with E-state index in [1.807, 2.05) is 0 Å². The standard InChI is InChI=1S/C14H16FNO2/c15-12-6-3-11(4-7-12)5-8-14(17)16-10-13-2-1-9-18-13/h3-8,13H,1-2,9-10H2,(H,16,17). The molecule has 1 amide bonds. The van der Waals surface area contributed by atoms with Crippen molar-refractivity contribution in [3.63, 3.8) is 0 Å². The lowest BCUT2D eigenvalue weighted by molar-refractivity contribution is -0.116. The molecule has 0 bridgehead atoms. The summed E-state index contributed by atoms with van der Waals surface area (Å²) < 4.78 is 18.1. The van der Waals surface area contributed by atoms with Gasteiger partial charge in [-0.1, -0.05) is 12.1 Å². The van der Waals surface area contributed by atoms with Gasteiger partial charge in [-0.2, -0.15) is 0 Å². The number of carbonyl (C=O) groups is 1. The van der Waals surface area contributed by atoms with Gasteiger partial charge in [0.25, 0.3) is 0 Å². The Balaban J connectivity index is 1.77. The maximum Gasteiger partial charge on any atom is 0.244 e. The highest BCUT2D eigenvalue weighted by Crippen LogP contribution is 2.10. The van der Waals surface area contributed by atoms with Crippen molar-refractivity contribution in [2.24, 2.45) is 0 Å². The van der Waals surface area contributed by atoms with Crippen LogP contribution in [0.1, 0.15) is 18.4 Å². The Morgan fingerprint density at radius 2 is 2.22 bits per heavy atom. The summed E-state index contributed by atoms with van der Waals surface area (Å²) in [6.45, 7) is 1.33. The highest BCUT2D eigenvalue weighted by molar-refractivity contribution is 5.91. The predicted molar refractivity (Wildman–Crippen MR) is 67.4 cm³/mol. The van der Waals surface area contributed by atoms with Crippen molar-refractivity contribution < 1.29 is 13.9 Å². The minimum absolute atomic E-state index is 0.146. The molecule has 0 radical (unpaired) electrons. The van der Waals surface area contributed by atoms with Gasteiger partial charge in [0.05, 0.1) is 6.10 Å². The van der Waals surface area contributed by atoms with Gasteiger partial charge in [0.15, 0.2) is 0 Å². The first kappa shape index (κ1) is 12.8. The van der Waals surface area contributed by atoms with Crippen molar-refractivity contribution in [1.29, 1.82) is 0 Å². The van der Waals surface area contributed by atoms with Gasteiger partial charge in [-0.15, -0.1) is 0 Å². The Hall–Kier alpha value is -1.68. The minimum Gasteiger partial charge on any atom is -0.376 e. The van der Waals surface area contributed by atoms with Crippen LogP contribution in [0.4, 0.5) is 4.39 Å². The molecular formula is C14H16FNO2. The van der Waals surface area contributed by atoms with Crippen LogP contribution in [0.2, 0.25) is 0 Å². The zero-order chi connectivity index (χ0) is 12.8. The molecule has 1 aliphatic rings. The topological polar surface area (TPSA) is 38.3 Å². The fourth-order valence-corrected chi connectivity index (χ4v) is 1.82. The highest BCUT2D eigenvalue weighted by atomic mass is 19.1. The van der Waals surface area contributed by atoms with E-state index in [-0.39, 0.29) is 17.8 Å². The molecular weight excluding hydrogens is 233 g/mol. The molecule has 1 aromatic rings. The highest BCUT2D eigenvalue weighted by Gasteiger charge is 2.15. The summed E-state index contributed by atoms with van der Waals surface area (Å²) in [6.07, 6.45) is 5.31. The molecule has 1 heterocycles. The third-order valence-electron chi connectivity index (χ3n) is 2.83. The van der Waals surface area contributed by atoms with E-state index < -0.39 is 0 Å². The van der Waals surface area contributed by atoms with E-state index in [2.05, 4.69) is 5.32 Å². The molecule has 3 nitrogen and oxygen atoms in total. The summed E-state index contributed by atoms with van der Waals surface area (Å²) in [5, 5.41) is 2.78. The molecule has 18 heavy (non-hydrogen) atoms. The summed E-state index contributed by atoms with van der Waals surface area (Å²) in [7, 11) is 0. The normalized spacial score (nSPS) is 19.3. The first-order chi connectivity index (χ1) is 8.74. The van der Waals surface area contributed by atoms with Crippen molar-refractivity contribution in [2.75, 3.05) is 13.2 Å². The average Bonchev–Trinajstić information content (AvgIpc) is 2.89. The largest absolute Gasteiger partial charge is 0.376 e. The number of benzene rings is 1. The molecule has 96 valence electrons. The van der Waals surface area contributed by atoms with Crippen LogP contribution in [0.15, 0.2) is 30.3 Å². The van der Waals surface area contributed by atoms with E-state index in [1.54, 1.807) is 18.2 Å². The van der Waals surface area contributed by atoms with Gasteiger partial charge in [-0.3, -0.25) is 4.79 Å². The van der Waals surface area contributed by atoms with Crippen LogP contribution in [0.3, 0.4) is 0 Å². The summed E-state index contributed by atoms with van der Waals surface area (Å²) in [5.41, 5.74) is 0.795. The van der Waals surface area contributed by atoms with Gasteiger partial charge in [0, 0.05) is 19.2 Å². The van der Waals surface area contributed by atoms with Crippen molar-refractivity contribution in [1.82, 2.24) is 5.32 Å². The second-order valence-electron chi connectivity index (χ2n) is 4.27. The monoisotopic (exact) mass is 249 g/mol. The number of hydrogen-bond acceptors (Lipinski definition) is 2. The number of halogens is 1. The second kappa shape index (κ2) is 6.31. The van der Waals surface area contributed by atoms with E-state index in [1.165, 1.54) is 18.2 Å². The van der Waals surface area contributed by atoms with E-state index in [0.29, 0.717) is 6.54 Å². The predicted octanol–water partition coefficient (Wildman–Crippen LogP) is 2.13. The number of hydrogen-bond donors (Lipinski definition) is 1. The van der Waals surface area contributed by atoms with Crippen LogP contribution in [0.5, 0.6) is 0 Å². The molecule has 0 aromatic heterocycles. The maximum absolute atomic E-state index is 12.7. The summed E-state index contributed by atoms with van der Waals surface area (Å²) in [5.74, 6) is -0.440. The summed E-state index contributed by atoms with van der Waals surface area (Å²) in [4.78, 5) is 11.5. The molecule has 1 fully saturated rings. The molecule has 1 unspecified atom stereocenters. The van der Waals surface area contributed by atoms with Crippen molar-refractivity contribution in [2.45, 2.75) is 18.9 Å². The first-order valence-corrected chi connectivity index (χ1v) is 6.07. The number of ether oxygens (including phenoxy) is 1. The van der Waals surface area contributed by atoms with Crippen LogP contribution < -0.4 is 5.32 Å². The van der Waals surface area contributed by atoms with Gasteiger partial charge < -0.3 is 10.1 Å². The first-order valence-electron chi connectivity index (χ1n) is 6.07. The van der Waals surface area contributed by atoms with E-state index in [9.17, 15) is 9.18 Å². The second-order valence-corrected chi connectivity index (χ2v) is 4.27. The molecule has 4 heteroatoms. The van der Waals surface area contributed by atoms with Gasteiger partial charge in [0.1, 0.15) is 5.82 Å². The smallest absolute Gasteiger partial charge is 0.244 e. The Bertz CT molecular complexity index is 422. The number of nitrogens with one attached hydrogen (secondary N) is 1. The van der Waals surface area contributed by atoms with Gasteiger partial charge >= 0.3 is 0 Å². The maximum atomic E-state index is 12.7. The molecule has 0 spiro atoms. The molecule has 1 atom stereocenters. The lowest BCUT2D eigenvalue weighted by Gasteiger charge is -2.08. The van der Waals surface area contributed by atoms with Gasteiger partial charge in [0.2, 0.25) is 5.91 Å². The van der Waals surface area contributed by atoms with E-state index in [0.717, 1.165) is 25.0 Å². The molecule has 1 aliphatic heterocycles. The SMILES string of the molecule is O=C(C=Cc1ccc(F)cc1)NCC1CCCO1. The lowest BCUT2D eigenvalue weighted by atomic mass is 10.2. The average molecular weight is 249 g/mol. The number of rotatable bonds is 4. The zero-order valence-corrected chi connectivity index (χ0v) is 10.1. The number of carbonyl (C=O) groups excluding carboxylic acids is 1. The van der Waals surface area contributed by atoms with Crippen LogP contribution in [0, 0.1) is 5.82 Å². The Morgan fingerprint density at radius 3 is 2.89 bits per heavy atom. The zero-order valence-electron chi connectivity index (χ0n) is 10.1. The van der Waals surface area contributed by atoms with E-state index >= 15 is 0 Å². The van der Waals surface area contributed by atoms with Crippen LogP contribution in [-0.2, 0) is 9.53 Å². The number of amides is 1. The van der Waals surface area contributed by atoms with E-state index in [4.69, 9.17) is 4.74 Å². The van der Waals surface area contributed by atoms with Crippen LogP contribution in [0.25, 0.3) is 6.08 Å². The fourth-order valence-electron chi connectivity index (χ4n) is 1.82. The lowest BCUT2D eigenvalue weighted by Crippen LogP contribution is -2.30. The van der Waals surface area contributed by atoms with Crippen molar-refractivity contribution >= 4 is 12.0 Å². The van der Waals surface area contributed by atoms with Gasteiger partial charge in [-0.25, -0.2) is 4.39 Å². The van der Waals surface area contributed by atoms with Crippen LogP contribution >= 0.6 is 0 Å². The minimum atomic E-state index is -0.282. The summed E-state index contributed by atoms with van der Waals surface area (Å²) in [6, 6.07) is 5.98. The third-order valence-corrected chi connectivity index (χ3v) is 2.83. The third kappa shape index (κ3) is 3.96. The molecule has 2 rings (SSSR count). The molecule has 1 saturated heterocycles. The molecule has 1 aromatic carbocycles. The molecule has 1 N–H and O–H groups in total. The van der Waals surface area contributed by atoms with Gasteiger partial charge in [-0.05, 0) is 36.6 Å². The molecule has 0 aliphatic carbocycles. The van der Waals surface area contributed by atoms with Crippen molar-refractivity contribution in [3.05, 3.63) is 41.7 Å². The molecule has 0 saturated carbocycles. The quantitative estimate of drug-likeness (QED) is 0.830. The van der Waals surface area contributed by atoms with Crippen molar-refractivity contribution in [3.8, 4) is 0 Å². The van der Waals surface area contributed by atoms with Crippen LogP contribution in [-0.4, -0.2) is 25.2 Å². The Labute approximate surface area is 106 Å². The fraction of sp³-hybridized carbons (Fsp3) is 0.357.